The molecule has 0 aliphatic carbocycles. The van der Waals surface area contributed by atoms with E-state index in [0.29, 0.717) is 40.9 Å². The molecule has 0 unspecified atom stereocenters. The SMILES string of the molecule is C=CCOc1ccc(C(=O)N/N=C\c2ccc(OC(=O)c3ccc(Cl)cc3Cl)c(OCC)c2)cc1. The van der Waals surface area contributed by atoms with Gasteiger partial charge in [0.05, 0.1) is 23.4 Å². The van der Waals surface area contributed by atoms with Crippen molar-refractivity contribution >= 4 is 41.3 Å². The van der Waals surface area contributed by atoms with Crippen molar-refractivity contribution in [3.63, 3.8) is 0 Å². The third-order valence-corrected chi connectivity index (χ3v) is 5.03. The van der Waals surface area contributed by atoms with Gasteiger partial charge in [0, 0.05) is 10.6 Å². The average Bonchev–Trinajstić information content (AvgIpc) is 2.84. The Morgan fingerprint density at radius 2 is 1.77 bits per heavy atom. The molecule has 0 aromatic heterocycles. The monoisotopic (exact) mass is 512 g/mol. The van der Waals surface area contributed by atoms with E-state index in [0.717, 1.165) is 0 Å². The zero-order chi connectivity index (χ0) is 25.2. The number of hydrogen-bond acceptors (Lipinski definition) is 6. The maximum atomic E-state index is 12.6. The number of carbonyl (C=O) groups is 2. The van der Waals surface area contributed by atoms with Crippen LogP contribution < -0.4 is 19.6 Å². The van der Waals surface area contributed by atoms with Gasteiger partial charge in [-0.25, -0.2) is 10.2 Å². The van der Waals surface area contributed by atoms with E-state index in [4.69, 9.17) is 37.4 Å². The van der Waals surface area contributed by atoms with Gasteiger partial charge in [-0.1, -0.05) is 35.9 Å². The Labute approximate surface area is 212 Å². The summed E-state index contributed by atoms with van der Waals surface area (Å²) < 4.78 is 16.5. The van der Waals surface area contributed by atoms with Crippen molar-refractivity contribution in [2.24, 2.45) is 5.10 Å². The zero-order valence-corrected chi connectivity index (χ0v) is 20.3. The molecule has 1 amide bonds. The van der Waals surface area contributed by atoms with Gasteiger partial charge in [-0.15, -0.1) is 0 Å². The summed E-state index contributed by atoms with van der Waals surface area (Å²) in [6.07, 6.45) is 3.09. The van der Waals surface area contributed by atoms with Gasteiger partial charge < -0.3 is 14.2 Å². The standard InChI is InChI=1S/C26H22Cl2N2O5/c1-3-13-34-20-9-6-18(7-10-20)25(31)30-29-16-17-5-12-23(24(14-17)33-4-2)35-26(32)21-11-8-19(27)15-22(21)28/h3,5-12,14-16H,1,4,13H2,2H3,(H,30,31)/b29-16-. The van der Waals surface area contributed by atoms with Gasteiger partial charge in [-0.05, 0) is 73.2 Å². The van der Waals surface area contributed by atoms with Crippen LogP contribution in [0, 0.1) is 0 Å². The Kier molecular flexibility index (Phi) is 9.29. The first-order chi connectivity index (χ1) is 16.9. The number of amides is 1. The maximum absolute atomic E-state index is 12.6. The highest BCUT2D eigenvalue weighted by atomic mass is 35.5. The van der Waals surface area contributed by atoms with Crippen molar-refractivity contribution < 1.29 is 23.8 Å². The highest BCUT2D eigenvalue weighted by Gasteiger charge is 2.16. The van der Waals surface area contributed by atoms with Crippen LogP contribution >= 0.6 is 23.2 Å². The lowest BCUT2D eigenvalue weighted by Gasteiger charge is -2.12. The van der Waals surface area contributed by atoms with E-state index in [1.165, 1.54) is 18.3 Å². The molecule has 0 aliphatic heterocycles. The first-order valence-corrected chi connectivity index (χ1v) is 11.3. The van der Waals surface area contributed by atoms with E-state index in [-0.39, 0.29) is 22.2 Å². The lowest BCUT2D eigenvalue weighted by atomic mass is 10.2. The Bertz CT molecular complexity index is 1240. The van der Waals surface area contributed by atoms with Crippen molar-refractivity contribution in [3.8, 4) is 17.2 Å². The second-order valence-electron chi connectivity index (χ2n) is 6.98. The molecule has 0 heterocycles. The van der Waals surface area contributed by atoms with Crippen LogP contribution in [-0.2, 0) is 0 Å². The predicted molar refractivity (Wildman–Crippen MR) is 136 cm³/mol. The lowest BCUT2D eigenvalue weighted by Crippen LogP contribution is -2.17. The third-order valence-electron chi connectivity index (χ3n) is 4.49. The molecular formula is C26H22Cl2N2O5. The molecule has 0 atom stereocenters. The summed E-state index contributed by atoms with van der Waals surface area (Å²) in [5, 5.41) is 4.58. The van der Waals surface area contributed by atoms with Gasteiger partial charge >= 0.3 is 5.97 Å². The molecule has 9 heteroatoms. The van der Waals surface area contributed by atoms with E-state index in [9.17, 15) is 9.59 Å². The van der Waals surface area contributed by atoms with Crippen molar-refractivity contribution in [2.75, 3.05) is 13.2 Å². The highest BCUT2D eigenvalue weighted by Crippen LogP contribution is 2.30. The van der Waals surface area contributed by atoms with Gasteiger partial charge in [-0.3, -0.25) is 4.79 Å². The number of ether oxygens (including phenoxy) is 3. The molecule has 0 saturated carbocycles. The molecule has 35 heavy (non-hydrogen) atoms. The third kappa shape index (κ3) is 7.34. The average molecular weight is 513 g/mol. The normalized spacial score (nSPS) is 10.6. The fourth-order valence-corrected chi connectivity index (χ4v) is 3.34. The Morgan fingerprint density at radius 1 is 1.00 bits per heavy atom. The molecule has 180 valence electrons. The number of rotatable bonds is 10. The summed E-state index contributed by atoms with van der Waals surface area (Å²) in [4.78, 5) is 24.9. The van der Waals surface area contributed by atoms with Crippen molar-refractivity contribution in [2.45, 2.75) is 6.92 Å². The van der Waals surface area contributed by atoms with Crippen LogP contribution in [0.5, 0.6) is 17.2 Å². The maximum Gasteiger partial charge on any atom is 0.345 e. The quantitative estimate of drug-likeness (QED) is 0.119. The molecule has 0 spiro atoms. The minimum absolute atomic E-state index is 0.173. The first kappa shape index (κ1) is 25.8. The Hall–Kier alpha value is -3.81. The molecular weight excluding hydrogens is 491 g/mol. The Balaban J connectivity index is 1.67. The van der Waals surface area contributed by atoms with Crippen LogP contribution in [0.3, 0.4) is 0 Å². The fraction of sp³-hybridized carbons (Fsp3) is 0.115. The van der Waals surface area contributed by atoms with E-state index in [1.807, 2.05) is 0 Å². The molecule has 7 nitrogen and oxygen atoms in total. The second-order valence-corrected chi connectivity index (χ2v) is 7.82. The number of halogens is 2. The van der Waals surface area contributed by atoms with Crippen molar-refractivity contribution in [1.82, 2.24) is 5.43 Å². The number of carbonyl (C=O) groups excluding carboxylic acids is 2. The van der Waals surface area contributed by atoms with Crippen LogP contribution in [0.25, 0.3) is 0 Å². The lowest BCUT2D eigenvalue weighted by molar-refractivity contribution is 0.0728. The number of hydrogen-bond donors (Lipinski definition) is 1. The van der Waals surface area contributed by atoms with Crippen LogP contribution in [0.4, 0.5) is 0 Å². The summed E-state index contributed by atoms with van der Waals surface area (Å²) in [6, 6.07) is 16.0. The van der Waals surface area contributed by atoms with Gasteiger partial charge in [0.15, 0.2) is 11.5 Å². The number of hydrazone groups is 1. The van der Waals surface area contributed by atoms with Crippen LogP contribution in [-0.4, -0.2) is 31.3 Å². The molecule has 0 fully saturated rings. The Morgan fingerprint density at radius 3 is 2.46 bits per heavy atom. The predicted octanol–water partition coefficient (Wildman–Crippen LogP) is 5.94. The molecule has 0 bridgehead atoms. The molecule has 1 N–H and O–H groups in total. The van der Waals surface area contributed by atoms with Crippen LogP contribution in [0.15, 0.2) is 78.4 Å². The van der Waals surface area contributed by atoms with E-state index in [2.05, 4.69) is 17.1 Å². The van der Waals surface area contributed by atoms with Gasteiger partial charge in [0.2, 0.25) is 0 Å². The van der Waals surface area contributed by atoms with Gasteiger partial charge in [0.25, 0.3) is 5.91 Å². The smallest absolute Gasteiger partial charge is 0.345 e. The highest BCUT2D eigenvalue weighted by molar-refractivity contribution is 6.36. The molecule has 0 saturated heterocycles. The number of nitrogens with zero attached hydrogens (tertiary/aromatic N) is 1. The number of esters is 1. The molecule has 0 radical (unpaired) electrons. The van der Waals surface area contributed by atoms with Gasteiger partial charge in [0.1, 0.15) is 12.4 Å². The summed E-state index contributed by atoms with van der Waals surface area (Å²) in [7, 11) is 0. The summed E-state index contributed by atoms with van der Waals surface area (Å²) in [6.45, 7) is 6.11. The van der Waals surface area contributed by atoms with E-state index >= 15 is 0 Å². The van der Waals surface area contributed by atoms with Crippen LogP contribution in [0.1, 0.15) is 33.2 Å². The first-order valence-electron chi connectivity index (χ1n) is 10.5. The molecule has 3 rings (SSSR count). The summed E-state index contributed by atoms with van der Waals surface area (Å²) in [5.74, 6) is 0.140. The second kappa shape index (κ2) is 12.6. The minimum Gasteiger partial charge on any atom is -0.490 e. The van der Waals surface area contributed by atoms with Crippen molar-refractivity contribution in [1.29, 1.82) is 0 Å². The minimum atomic E-state index is -0.651. The van der Waals surface area contributed by atoms with E-state index in [1.54, 1.807) is 61.5 Å². The summed E-state index contributed by atoms with van der Waals surface area (Å²) in [5.41, 5.74) is 3.68. The molecule has 3 aromatic rings. The van der Waals surface area contributed by atoms with Crippen molar-refractivity contribution in [3.05, 3.63) is 100 Å². The molecule has 0 aliphatic rings. The fourth-order valence-electron chi connectivity index (χ4n) is 2.86. The number of nitrogens with one attached hydrogen (secondary N) is 1. The summed E-state index contributed by atoms with van der Waals surface area (Å²) >= 11 is 12.0. The van der Waals surface area contributed by atoms with Crippen LogP contribution in [0.2, 0.25) is 10.0 Å². The van der Waals surface area contributed by atoms with E-state index < -0.39 is 5.97 Å². The topological polar surface area (TPSA) is 86.2 Å². The van der Waals surface area contributed by atoms with Gasteiger partial charge in [-0.2, -0.15) is 5.10 Å². The largest absolute Gasteiger partial charge is 0.490 e. The number of benzene rings is 3. The zero-order valence-electron chi connectivity index (χ0n) is 18.8. The molecule has 3 aromatic carbocycles.